The molecular weight excluding hydrogens is 494 g/mol. The normalized spacial score (nSPS) is 17.8. The van der Waals surface area contributed by atoms with E-state index in [1.54, 1.807) is 7.11 Å². The van der Waals surface area contributed by atoms with Crippen molar-refractivity contribution < 1.29 is 50.1 Å². The molecule has 0 amide bonds. The van der Waals surface area contributed by atoms with E-state index in [4.69, 9.17) is 14.2 Å². The lowest BCUT2D eigenvalue weighted by Gasteiger charge is -2.29. The summed E-state index contributed by atoms with van der Waals surface area (Å²) < 4.78 is 105. The van der Waals surface area contributed by atoms with Crippen molar-refractivity contribution in [2.24, 2.45) is 5.92 Å². The Morgan fingerprint density at radius 2 is 1.47 bits per heavy atom. The Balaban J connectivity index is 1.53. The molecule has 1 fully saturated rings. The van der Waals surface area contributed by atoms with E-state index in [1.807, 2.05) is 0 Å². The van der Waals surface area contributed by atoms with Crippen LogP contribution in [0.3, 0.4) is 0 Å². The van der Waals surface area contributed by atoms with Crippen molar-refractivity contribution in [1.29, 1.82) is 0 Å². The van der Waals surface area contributed by atoms with E-state index in [-0.39, 0.29) is 17.0 Å². The Morgan fingerprint density at radius 1 is 0.861 bits per heavy atom. The van der Waals surface area contributed by atoms with Gasteiger partial charge in [0.25, 0.3) is 0 Å². The number of methoxy groups -OCH3 is 1. The largest absolute Gasteiger partial charge is 0.423 e. The van der Waals surface area contributed by atoms with Crippen molar-refractivity contribution in [2.45, 2.75) is 6.29 Å². The van der Waals surface area contributed by atoms with Gasteiger partial charge in [0.1, 0.15) is 28.8 Å². The number of carbonyl (C=O) groups is 1. The van der Waals surface area contributed by atoms with E-state index in [2.05, 4.69) is 4.74 Å². The van der Waals surface area contributed by atoms with Gasteiger partial charge in [0, 0.05) is 36.3 Å². The number of halogens is 6. The van der Waals surface area contributed by atoms with Crippen LogP contribution in [0.15, 0.2) is 42.5 Å². The zero-order valence-corrected chi connectivity index (χ0v) is 18.6. The molecule has 3 aromatic rings. The average Bonchev–Trinajstić information content (AvgIpc) is 2.82. The smallest absolute Gasteiger partial charge is 0.349 e. The molecule has 0 aliphatic carbocycles. The summed E-state index contributed by atoms with van der Waals surface area (Å²) in [5.41, 5.74) is -1.23. The first-order valence-electron chi connectivity index (χ1n) is 10.6. The highest BCUT2D eigenvalue weighted by Crippen LogP contribution is 2.32. The maximum atomic E-state index is 14.8. The maximum Gasteiger partial charge on any atom is 0.349 e. The number of ether oxygens (including phenoxy) is 4. The molecule has 1 aliphatic heterocycles. The molecule has 4 rings (SSSR count). The molecule has 1 saturated heterocycles. The molecule has 0 atom stereocenters. The van der Waals surface area contributed by atoms with Gasteiger partial charge in [0.2, 0.25) is 0 Å². The Morgan fingerprint density at radius 3 is 2.03 bits per heavy atom. The molecule has 0 saturated carbocycles. The van der Waals surface area contributed by atoms with Crippen molar-refractivity contribution in [3.8, 4) is 16.9 Å². The molecule has 0 unspecified atom stereocenters. The monoisotopic (exact) mass is 512 g/mol. The number of benzene rings is 3. The van der Waals surface area contributed by atoms with Crippen LogP contribution in [0, 0.1) is 40.8 Å². The standard InChI is InChI=1S/C25H18F6O5/c1-33-9-12-10-34-25(35-11-12)13-2-3-16(17(26)4-13)14-5-18(27)22(19(28)6-14)24(32)36-15-7-20(29)23(31)21(30)8-15/h2-8,12,25H,9-11H2,1H3. The number of rotatable bonds is 6. The summed E-state index contributed by atoms with van der Waals surface area (Å²) in [5, 5.41) is 0. The number of carbonyl (C=O) groups excluding carboxylic acids is 1. The number of hydrogen-bond donors (Lipinski definition) is 0. The molecule has 1 aliphatic rings. The number of esters is 1. The molecule has 190 valence electrons. The number of hydrogen-bond acceptors (Lipinski definition) is 5. The van der Waals surface area contributed by atoms with Crippen molar-refractivity contribution in [3.05, 3.63) is 88.5 Å². The van der Waals surface area contributed by atoms with Gasteiger partial charge in [0.15, 0.2) is 23.7 Å². The summed E-state index contributed by atoms with van der Waals surface area (Å²) in [5.74, 6) is -11.2. The Labute approximate surface area is 201 Å². The lowest BCUT2D eigenvalue weighted by molar-refractivity contribution is -0.211. The first kappa shape index (κ1) is 25.7. The maximum absolute atomic E-state index is 14.8. The summed E-state index contributed by atoms with van der Waals surface area (Å²) in [4.78, 5) is 12.2. The minimum atomic E-state index is -1.80. The summed E-state index contributed by atoms with van der Waals surface area (Å²) in [6, 6.07) is 5.93. The second-order valence-corrected chi connectivity index (χ2v) is 7.96. The third-order valence-electron chi connectivity index (χ3n) is 5.36. The van der Waals surface area contributed by atoms with Crippen LogP contribution in [0.25, 0.3) is 11.1 Å². The zero-order valence-electron chi connectivity index (χ0n) is 18.6. The molecule has 11 heteroatoms. The van der Waals surface area contributed by atoms with E-state index in [9.17, 15) is 31.1 Å². The molecule has 5 nitrogen and oxygen atoms in total. The van der Waals surface area contributed by atoms with Crippen LogP contribution >= 0.6 is 0 Å². The van der Waals surface area contributed by atoms with Crippen LogP contribution in [-0.4, -0.2) is 32.9 Å². The molecule has 3 aromatic carbocycles. The van der Waals surface area contributed by atoms with Gasteiger partial charge in [-0.1, -0.05) is 12.1 Å². The second kappa shape index (κ2) is 10.7. The second-order valence-electron chi connectivity index (χ2n) is 7.96. The van der Waals surface area contributed by atoms with Crippen molar-refractivity contribution in [3.63, 3.8) is 0 Å². The SMILES string of the molecule is COCC1COC(c2ccc(-c3cc(F)c(C(=O)Oc4cc(F)c(F)c(F)c4)c(F)c3)c(F)c2)OC1. The van der Waals surface area contributed by atoms with Crippen LogP contribution < -0.4 is 4.74 Å². The van der Waals surface area contributed by atoms with Gasteiger partial charge in [-0.15, -0.1) is 0 Å². The van der Waals surface area contributed by atoms with Gasteiger partial charge < -0.3 is 18.9 Å². The summed E-state index contributed by atoms with van der Waals surface area (Å²) in [6.45, 7) is 1.12. The fraction of sp³-hybridized carbons (Fsp3) is 0.240. The quantitative estimate of drug-likeness (QED) is 0.183. The summed E-state index contributed by atoms with van der Waals surface area (Å²) >= 11 is 0. The average molecular weight is 512 g/mol. The zero-order chi connectivity index (χ0) is 26.0. The fourth-order valence-corrected chi connectivity index (χ4v) is 3.65. The van der Waals surface area contributed by atoms with E-state index in [0.29, 0.717) is 49.6 Å². The molecule has 36 heavy (non-hydrogen) atoms. The van der Waals surface area contributed by atoms with Crippen LogP contribution in [0.4, 0.5) is 26.3 Å². The van der Waals surface area contributed by atoms with Crippen LogP contribution in [0.2, 0.25) is 0 Å². The Bertz CT molecular complexity index is 1240. The Hall–Kier alpha value is -3.41. The molecule has 1 heterocycles. The van der Waals surface area contributed by atoms with Crippen molar-refractivity contribution >= 4 is 5.97 Å². The predicted molar refractivity (Wildman–Crippen MR) is 113 cm³/mol. The van der Waals surface area contributed by atoms with Crippen molar-refractivity contribution in [1.82, 2.24) is 0 Å². The first-order valence-corrected chi connectivity index (χ1v) is 10.6. The minimum absolute atomic E-state index is 0.0348. The van der Waals surface area contributed by atoms with E-state index < -0.39 is 58.5 Å². The third-order valence-corrected chi connectivity index (χ3v) is 5.36. The van der Waals surface area contributed by atoms with Gasteiger partial charge in [0.05, 0.1) is 19.8 Å². The molecule has 0 bridgehead atoms. The van der Waals surface area contributed by atoms with Gasteiger partial charge in [-0.3, -0.25) is 0 Å². The minimum Gasteiger partial charge on any atom is -0.423 e. The third kappa shape index (κ3) is 5.38. The highest BCUT2D eigenvalue weighted by molar-refractivity contribution is 5.92. The van der Waals surface area contributed by atoms with Gasteiger partial charge in [-0.2, -0.15) is 0 Å². The lowest BCUT2D eigenvalue weighted by Crippen LogP contribution is -2.29. The van der Waals surface area contributed by atoms with E-state index in [1.165, 1.54) is 12.1 Å². The highest BCUT2D eigenvalue weighted by atomic mass is 19.2. The van der Waals surface area contributed by atoms with Gasteiger partial charge >= 0.3 is 5.97 Å². The van der Waals surface area contributed by atoms with Crippen LogP contribution in [-0.2, 0) is 14.2 Å². The van der Waals surface area contributed by atoms with Crippen molar-refractivity contribution in [2.75, 3.05) is 26.9 Å². The van der Waals surface area contributed by atoms with Gasteiger partial charge in [-0.25, -0.2) is 31.1 Å². The van der Waals surface area contributed by atoms with Crippen LogP contribution in [0.1, 0.15) is 22.2 Å². The highest BCUT2D eigenvalue weighted by Gasteiger charge is 2.26. The molecule has 0 spiro atoms. The fourth-order valence-electron chi connectivity index (χ4n) is 3.65. The molecular formula is C25H18F6O5. The first-order chi connectivity index (χ1) is 17.2. The molecule has 0 N–H and O–H groups in total. The van der Waals surface area contributed by atoms with E-state index in [0.717, 1.165) is 6.07 Å². The Kier molecular flexibility index (Phi) is 7.62. The van der Waals surface area contributed by atoms with Gasteiger partial charge in [-0.05, 0) is 23.8 Å². The molecule has 0 aromatic heterocycles. The lowest BCUT2D eigenvalue weighted by atomic mass is 10.0. The summed E-state index contributed by atoms with van der Waals surface area (Å²) in [7, 11) is 1.55. The topological polar surface area (TPSA) is 54.0 Å². The predicted octanol–water partition coefficient (Wildman–Crippen LogP) is 5.72. The molecule has 0 radical (unpaired) electrons. The van der Waals surface area contributed by atoms with E-state index >= 15 is 0 Å². The van der Waals surface area contributed by atoms with Crippen LogP contribution in [0.5, 0.6) is 5.75 Å². The summed E-state index contributed by atoms with van der Waals surface area (Å²) in [6.07, 6.45) is -0.826.